The van der Waals surface area contributed by atoms with Crippen LogP contribution in [0, 0.1) is 0 Å². The summed E-state index contributed by atoms with van der Waals surface area (Å²) in [5.74, 6) is 1.43. The van der Waals surface area contributed by atoms with E-state index in [0.29, 0.717) is 23.9 Å². The van der Waals surface area contributed by atoms with E-state index in [9.17, 15) is 5.11 Å². The fourth-order valence-electron chi connectivity index (χ4n) is 3.09. The smallest absolute Gasteiger partial charge is 0.231 e. The first-order valence-electron chi connectivity index (χ1n) is 7.27. The summed E-state index contributed by atoms with van der Waals surface area (Å²) in [6, 6.07) is 11.7. The van der Waals surface area contributed by atoms with Crippen LogP contribution in [0.1, 0.15) is 22.8 Å². The molecule has 4 nitrogen and oxygen atoms in total. The lowest BCUT2D eigenvalue weighted by atomic mass is 9.97. The summed E-state index contributed by atoms with van der Waals surface area (Å²) in [6.45, 7) is 2.31. The van der Waals surface area contributed by atoms with Crippen LogP contribution < -0.4 is 9.47 Å². The molecule has 0 spiro atoms. The van der Waals surface area contributed by atoms with Crippen molar-refractivity contribution in [3.63, 3.8) is 0 Å². The van der Waals surface area contributed by atoms with Crippen LogP contribution in [-0.4, -0.2) is 23.3 Å². The number of aliphatic hydroxyl groups is 1. The van der Waals surface area contributed by atoms with Crippen LogP contribution in [0.4, 0.5) is 0 Å². The number of benzene rings is 2. The van der Waals surface area contributed by atoms with Crippen LogP contribution in [-0.2, 0) is 13.1 Å². The summed E-state index contributed by atoms with van der Waals surface area (Å²) in [6.07, 6.45) is -0.460. The first kappa shape index (κ1) is 13.9. The summed E-state index contributed by atoms with van der Waals surface area (Å²) in [5, 5.41) is 11.0. The minimum atomic E-state index is -0.460. The molecule has 0 saturated carbocycles. The molecule has 2 aromatic rings. The van der Waals surface area contributed by atoms with Crippen LogP contribution in [0.5, 0.6) is 11.5 Å². The zero-order chi connectivity index (χ0) is 15.1. The number of rotatable bonds is 2. The van der Waals surface area contributed by atoms with Gasteiger partial charge in [-0.15, -0.1) is 0 Å². The molecule has 0 radical (unpaired) electrons. The second-order valence-electron chi connectivity index (χ2n) is 5.68. The molecule has 0 unspecified atom stereocenters. The van der Waals surface area contributed by atoms with Gasteiger partial charge < -0.3 is 14.6 Å². The van der Waals surface area contributed by atoms with Crippen LogP contribution in [0.2, 0.25) is 5.02 Å². The molecule has 0 saturated heterocycles. The van der Waals surface area contributed by atoms with Crippen molar-refractivity contribution in [1.29, 1.82) is 0 Å². The molecule has 4 rings (SSSR count). The van der Waals surface area contributed by atoms with E-state index in [1.54, 1.807) is 6.07 Å². The molecule has 114 valence electrons. The van der Waals surface area contributed by atoms with Gasteiger partial charge in [-0.1, -0.05) is 35.9 Å². The molecular weight excluding hydrogens is 302 g/mol. The normalized spacial score (nSPS) is 20.0. The van der Waals surface area contributed by atoms with Gasteiger partial charge >= 0.3 is 0 Å². The second-order valence-corrected chi connectivity index (χ2v) is 6.09. The second kappa shape index (κ2) is 5.47. The quantitative estimate of drug-likeness (QED) is 0.924. The minimum Gasteiger partial charge on any atom is -0.454 e. The largest absolute Gasteiger partial charge is 0.454 e. The zero-order valence-corrected chi connectivity index (χ0v) is 12.7. The van der Waals surface area contributed by atoms with Gasteiger partial charge in [-0.25, -0.2) is 0 Å². The van der Waals surface area contributed by atoms with Gasteiger partial charge in [0, 0.05) is 30.7 Å². The van der Waals surface area contributed by atoms with Crippen molar-refractivity contribution in [2.75, 3.05) is 13.3 Å². The molecule has 2 heterocycles. The van der Waals surface area contributed by atoms with E-state index >= 15 is 0 Å². The Bertz CT molecular complexity index is 719. The SMILES string of the molecule is O[C@@H]1CN(Cc2cc3c(cc2Cl)OCO3)Cc2ccccc21. The van der Waals surface area contributed by atoms with E-state index in [-0.39, 0.29) is 6.79 Å². The summed E-state index contributed by atoms with van der Waals surface area (Å²) < 4.78 is 10.7. The molecule has 22 heavy (non-hydrogen) atoms. The van der Waals surface area contributed by atoms with Gasteiger partial charge in [0.05, 0.1) is 6.10 Å². The molecule has 0 bridgehead atoms. The van der Waals surface area contributed by atoms with E-state index in [2.05, 4.69) is 11.0 Å². The Morgan fingerprint density at radius 2 is 1.95 bits per heavy atom. The third-order valence-electron chi connectivity index (χ3n) is 4.17. The highest BCUT2D eigenvalue weighted by Gasteiger charge is 2.24. The van der Waals surface area contributed by atoms with Crippen molar-refractivity contribution in [3.05, 3.63) is 58.1 Å². The summed E-state index contributed by atoms with van der Waals surface area (Å²) in [4.78, 5) is 2.19. The Morgan fingerprint density at radius 3 is 2.82 bits per heavy atom. The molecule has 2 aromatic carbocycles. The van der Waals surface area contributed by atoms with E-state index < -0.39 is 6.10 Å². The number of hydrogen-bond donors (Lipinski definition) is 1. The third-order valence-corrected chi connectivity index (χ3v) is 4.53. The predicted octanol–water partition coefficient (Wildman–Crippen LogP) is 3.12. The first-order chi connectivity index (χ1) is 10.7. The van der Waals surface area contributed by atoms with Gasteiger partial charge in [-0.3, -0.25) is 4.90 Å². The highest BCUT2D eigenvalue weighted by atomic mass is 35.5. The standard InChI is InChI=1S/C17H16ClNO3/c18-14-6-17-16(21-10-22-17)5-12(14)8-19-7-11-3-1-2-4-13(11)15(20)9-19/h1-6,15,20H,7-10H2/t15-/m1/s1. The minimum absolute atomic E-state index is 0.241. The van der Waals surface area contributed by atoms with Crippen LogP contribution in [0.3, 0.4) is 0 Å². The predicted molar refractivity (Wildman–Crippen MR) is 83.1 cm³/mol. The average molecular weight is 318 g/mol. The number of β-amino-alcohol motifs (C(OH)–C–C–N with tert-alkyl or cyclic N) is 1. The fourth-order valence-corrected chi connectivity index (χ4v) is 3.31. The zero-order valence-electron chi connectivity index (χ0n) is 12.0. The summed E-state index contributed by atoms with van der Waals surface area (Å²) >= 11 is 6.34. The Hall–Kier alpha value is -1.75. The number of halogens is 1. The molecule has 0 aromatic heterocycles. The first-order valence-corrected chi connectivity index (χ1v) is 7.65. The average Bonchev–Trinajstić information content (AvgIpc) is 2.95. The number of ether oxygens (including phenoxy) is 2. The van der Waals surface area contributed by atoms with Crippen molar-refractivity contribution in [1.82, 2.24) is 4.90 Å². The van der Waals surface area contributed by atoms with E-state index in [1.807, 2.05) is 24.3 Å². The number of nitrogens with zero attached hydrogens (tertiary/aromatic N) is 1. The van der Waals surface area contributed by atoms with Crippen molar-refractivity contribution < 1.29 is 14.6 Å². The maximum atomic E-state index is 10.3. The molecule has 2 aliphatic heterocycles. The molecular formula is C17H16ClNO3. The van der Waals surface area contributed by atoms with Crippen molar-refractivity contribution >= 4 is 11.6 Å². The van der Waals surface area contributed by atoms with E-state index in [4.69, 9.17) is 21.1 Å². The molecule has 1 N–H and O–H groups in total. The maximum absolute atomic E-state index is 10.3. The van der Waals surface area contributed by atoms with Crippen molar-refractivity contribution in [2.45, 2.75) is 19.2 Å². The van der Waals surface area contributed by atoms with Gasteiger partial charge in [0.15, 0.2) is 11.5 Å². The summed E-state index contributed by atoms with van der Waals surface area (Å²) in [5.41, 5.74) is 3.17. The Kier molecular flexibility index (Phi) is 3.45. The van der Waals surface area contributed by atoms with Gasteiger partial charge in [0.2, 0.25) is 6.79 Å². The fraction of sp³-hybridized carbons (Fsp3) is 0.294. The monoisotopic (exact) mass is 317 g/mol. The number of aliphatic hydroxyl groups excluding tert-OH is 1. The van der Waals surface area contributed by atoms with Crippen molar-refractivity contribution in [3.8, 4) is 11.5 Å². The number of fused-ring (bicyclic) bond motifs is 2. The molecule has 1 atom stereocenters. The topological polar surface area (TPSA) is 41.9 Å². The van der Waals surface area contributed by atoms with Gasteiger partial charge in [-0.05, 0) is 22.8 Å². The highest BCUT2D eigenvalue weighted by Crippen LogP contribution is 2.38. The lowest BCUT2D eigenvalue weighted by Gasteiger charge is -2.32. The van der Waals surface area contributed by atoms with Crippen molar-refractivity contribution in [2.24, 2.45) is 0 Å². The lowest BCUT2D eigenvalue weighted by molar-refractivity contribution is 0.0882. The van der Waals surface area contributed by atoms with Gasteiger partial charge in [-0.2, -0.15) is 0 Å². The molecule has 2 aliphatic rings. The Morgan fingerprint density at radius 1 is 1.18 bits per heavy atom. The lowest BCUT2D eigenvalue weighted by Crippen LogP contribution is -2.33. The summed E-state index contributed by atoms with van der Waals surface area (Å²) in [7, 11) is 0. The molecule has 0 aliphatic carbocycles. The molecule has 0 fully saturated rings. The molecule has 5 heteroatoms. The Labute approximate surface area is 133 Å². The van der Waals surface area contributed by atoms with E-state index in [0.717, 1.165) is 29.0 Å². The Balaban J connectivity index is 1.58. The third kappa shape index (κ3) is 2.43. The van der Waals surface area contributed by atoms with Crippen LogP contribution in [0.25, 0.3) is 0 Å². The van der Waals surface area contributed by atoms with Gasteiger partial charge in [0.1, 0.15) is 0 Å². The van der Waals surface area contributed by atoms with Gasteiger partial charge in [0.25, 0.3) is 0 Å². The number of hydrogen-bond acceptors (Lipinski definition) is 4. The highest BCUT2D eigenvalue weighted by molar-refractivity contribution is 6.31. The maximum Gasteiger partial charge on any atom is 0.231 e. The molecule has 0 amide bonds. The van der Waals surface area contributed by atoms with E-state index in [1.165, 1.54) is 0 Å². The van der Waals surface area contributed by atoms with Crippen LogP contribution >= 0.6 is 11.6 Å². The van der Waals surface area contributed by atoms with Crippen LogP contribution in [0.15, 0.2) is 36.4 Å².